The van der Waals surface area contributed by atoms with Crippen molar-refractivity contribution in [1.29, 1.82) is 0 Å². The van der Waals surface area contributed by atoms with E-state index in [0.29, 0.717) is 0 Å². The Balaban J connectivity index is 2.03. The second-order valence-corrected chi connectivity index (χ2v) is 4.52. The Morgan fingerprint density at radius 1 is 1.00 bits per heavy atom. The van der Waals surface area contributed by atoms with Crippen LogP contribution in [0, 0.1) is 11.8 Å². The van der Waals surface area contributed by atoms with Gasteiger partial charge in [-0.05, 0) is 18.3 Å². The number of fused-ring (bicyclic) bond motifs is 2. The fraction of sp³-hybridized carbons (Fsp3) is 1.00. The van der Waals surface area contributed by atoms with Gasteiger partial charge < -0.3 is 0 Å². The van der Waals surface area contributed by atoms with Gasteiger partial charge in [0.1, 0.15) is 0 Å². The van der Waals surface area contributed by atoms with E-state index in [2.05, 4.69) is 0 Å². The van der Waals surface area contributed by atoms with Crippen LogP contribution in [0.15, 0.2) is 0 Å². The Labute approximate surface area is 53.5 Å². The Morgan fingerprint density at radius 2 is 1.62 bits per heavy atom. The molecule has 2 rings (SSSR count). The molecule has 0 aromatic rings. The zero-order chi connectivity index (χ0) is 5.40. The van der Waals surface area contributed by atoms with Gasteiger partial charge in [0.25, 0.3) is 0 Å². The van der Waals surface area contributed by atoms with Gasteiger partial charge in [-0.15, -0.1) is 0 Å². The maximum atomic E-state index is 1.59. The molecule has 1 aliphatic heterocycles. The highest BCUT2D eigenvalue weighted by Gasteiger charge is 2.28. The van der Waals surface area contributed by atoms with E-state index in [-0.39, 0.29) is 0 Å². The maximum absolute atomic E-state index is 1.59. The van der Waals surface area contributed by atoms with Crippen LogP contribution in [0.5, 0.6) is 0 Å². The third kappa shape index (κ3) is 0.731. The number of hydrogen-bond donors (Lipinski definition) is 0. The van der Waals surface area contributed by atoms with E-state index >= 15 is 0 Å². The molecule has 1 heteroatoms. The lowest BCUT2D eigenvalue weighted by Gasteiger charge is -2.16. The fourth-order valence-corrected chi connectivity index (χ4v) is 3.77. The summed E-state index contributed by atoms with van der Waals surface area (Å²) < 4.78 is 0. The SMILES string of the molecule is C1CC2C[Si]CC1C2. The Kier molecular flexibility index (Phi) is 1.18. The van der Waals surface area contributed by atoms with Crippen LogP contribution in [0.2, 0.25) is 12.1 Å². The third-order valence-corrected chi connectivity index (χ3v) is 4.25. The fourth-order valence-electron chi connectivity index (χ4n) is 2.04. The van der Waals surface area contributed by atoms with Crippen molar-refractivity contribution in [2.75, 3.05) is 0 Å². The molecule has 2 atom stereocenters. The molecule has 1 saturated carbocycles. The summed E-state index contributed by atoms with van der Waals surface area (Å²) in [5, 5.41) is 0. The van der Waals surface area contributed by atoms with Crippen molar-refractivity contribution in [3.8, 4) is 0 Å². The molecule has 0 aromatic carbocycles. The molecule has 0 N–H and O–H groups in total. The molecule has 8 heavy (non-hydrogen) atoms. The quantitative estimate of drug-likeness (QED) is 0.433. The highest BCUT2D eigenvalue weighted by atomic mass is 28.2. The van der Waals surface area contributed by atoms with E-state index in [9.17, 15) is 0 Å². The highest BCUT2D eigenvalue weighted by Crippen LogP contribution is 2.39. The van der Waals surface area contributed by atoms with Crippen molar-refractivity contribution < 1.29 is 0 Å². The van der Waals surface area contributed by atoms with Gasteiger partial charge in [-0.2, -0.15) is 0 Å². The second kappa shape index (κ2) is 1.87. The average molecular weight is 124 g/mol. The molecule has 2 aliphatic rings. The molecule has 1 heterocycles. The molecule has 0 spiro atoms. The minimum Gasteiger partial charge on any atom is -0.0583 e. The summed E-state index contributed by atoms with van der Waals surface area (Å²) in [4.78, 5) is 0. The van der Waals surface area contributed by atoms with E-state index < -0.39 is 0 Å². The monoisotopic (exact) mass is 124 g/mol. The summed E-state index contributed by atoms with van der Waals surface area (Å²) >= 11 is 0. The van der Waals surface area contributed by atoms with E-state index in [1.54, 1.807) is 31.4 Å². The first kappa shape index (κ1) is 5.04. The first-order valence-corrected chi connectivity index (χ1v) is 5.07. The van der Waals surface area contributed by atoms with E-state index in [0.717, 1.165) is 0 Å². The summed E-state index contributed by atoms with van der Waals surface area (Å²) in [6.07, 6.45) is 4.72. The van der Waals surface area contributed by atoms with E-state index in [1.165, 1.54) is 21.4 Å². The number of rotatable bonds is 0. The van der Waals surface area contributed by atoms with Gasteiger partial charge in [-0.3, -0.25) is 0 Å². The first-order valence-electron chi connectivity index (χ1n) is 3.66. The van der Waals surface area contributed by atoms with Gasteiger partial charge in [0.15, 0.2) is 0 Å². The first-order chi connectivity index (χ1) is 3.95. The van der Waals surface area contributed by atoms with Crippen molar-refractivity contribution in [1.82, 2.24) is 0 Å². The topological polar surface area (TPSA) is 0 Å². The largest absolute Gasteiger partial charge is 0.0583 e. The van der Waals surface area contributed by atoms with Crippen molar-refractivity contribution in [2.24, 2.45) is 11.8 Å². The van der Waals surface area contributed by atoms with Crippen molar-refractivity contribution in [2.45, 2.75) is 31.4 Å². The summed E-state index contributed by atoms with van der Waals surface area (Å²) in [7, 11) is 1.32. The lowest BCUT2D eigenvalue weighted by Crippen LogP contribution is -2.09. The Hall–Kier alpha value is 0.217. The van der Waals surface area contributed by atoms with E-state index in [1.807, 2.05) is 0 Å². The van der Waals surface area contributed by atoms with E-state index in [4.69, 9.17) is 0 Å². The lowest BCUT2D eigenvalue weighted by atomic mass is 10.1. The lowest BCUT2D eigenvalue weighted by molar-refractivity contribution is 0.527. The summed E-state index contributed by atoms with van der Waals surface area (Å²) in [6, 6.07) is 3.16. The van der Waals surface area contributed by atoms with Gasteiger partial charge in [0, 0.05) is 9.52 Å². The molecule has 2 unspecified atom stereocenters. The third-order valence-electron chi connectivity index (χ3n) is 2.52. The summed E-state index contributed by atoms with van der Waals surface area (Å²) in [6.45, 7) is 0. The van der Waals surface area contributed by atoms with Crippen molar-refractivity contribution in [3.63, 3.8) is 0 Å². The van der Waals surface area contributed by atoms with Gasteiger partial charge in [0.05, 0.1) is 0 Å². The van der Waals surface area contributed by atoms with Gasteiger partial charge in [0.2, 0.25) is 0 Å². The molecule has 0 aromatic heterocycles. The molecule has 1 aliphatic carbocycles. The second-order valence-electron chi connectivity index (χ2n) is 3.20. The molecule has 0 nitrogen and oxygen atoms in total. The van der Waals surface area contributed by atoms with Gasteiger partial charge in [-0.1, -0.05) is 24.9 Å². The Morgan fingerprint density at radius 3 is 2.12 bits per heavy atom. The van der Waals surface area contributed by atoms with Crippen LogP contribution < -0.4 is 0 Å². The van der Waals surface area contributed by atoms with Crippen LogP contribution in [0.25, 0.3) is 0 Å². The molecule has 2 bridgehead atoms. The molecule has 2 radical (unpaired) electrons. The van der Waals surface area contributed by atoms with Crippen molar-refractivity contribution in [3.05, 3.63) is 0 Å². The normalized spacial score (nSPS) is 45.0. The predicted molar refractivity (Wildman–Crippen MR) is 36.2 cm³/mol. The summed E-state index contributed by atoms with van der Waals surface area (Å²) in [5.74, 6) is 2.35. The van der Waals surface area contributed by atoms with Crippen molar-refractivity contribution >= 4 is 9.52 Å². The van der Waals surface area contributed by atoms with Crippen LogP contribution in [0.1, 0.15) is 19.3 Å². The highest BCUT2D eigenvalue weighted by molar-refractivity contribution is 6.35. The van der Waals surface area contributed by atoms with Gasteiger partial charge in [-0.25, -0.2) is 0 Å². The smallest absolute Gasteiger partial charge is 0.0383 e. The molecular formula is C7H12Si. The molecule has 1 saturated heterocycles. The van der Waals surface area contributed by atoms with Gasteiger partial charge >= 0.3 is 0 Å². The predicted octanol–water partition coefficient (Wildman–Crippen LogP) is 1.96. The van der Waals surface area contributed by atoms with Crippen LogP contribution in [0.4, 0.5) is 0 Å². The number of hydrogen-bond acceptors (Lipinski definition) is 0. The molecule has 0 amide bonds. The summed E-state index contributed by atoms with van der Waals surface area (Å²) in [5.41, 5.74) is 0. The van der Waals surface area contributed by atoms with Crippen LogP contribution >= 0.6 is 0 Å². The van der Waals surface area contributed by atoms with Crippen LogP contribution in [-0.4, -0.2) is 9.52 Å². The maximum Gasteiger partial charge on any atom is 0.0383 e. The zero-order valence-corrected chi connectivity index (χ0v) is 6.19. The standard InChI is InChI=1S/C7H12Si/c1-2-7-3-6(1)4-8-5-7/h6-7H,1-5H2. The minimum atomic E-state index is 1.17. The molecule has 2 fully saturated rings. The van der Waals surface area contributed by atoms with Crippen LogP contribution in [-0.2, 0) is 0 Å². The zero-order valence-electron chi connectivity index (χ0n) is 5.19. The molecular weight excluding hydrogens is 112 g/mol. The molecule has 44 valence electrons. The van der Waals surface area contributed by atoms with Crippen LogP contribution in [0.3, 0.4) is 0 Å². The Bertz CT molecular complexity index is 76.4. The minimum absolute atomic E-state index is 1.17. The average Bonchev–Trinajstić information content (AvgIpc) is 2.12.